The number of hydrogen-bond acceptors (Lipinski definition) is 4. The molecule has 0 saturated carbocycles. The van der Waals surface area contributed by atoms with Gasteiger partial charge in [0.1, 0.15) is 11.5 Å². The van der Waals surface area contributed by atoms with Crippen molar-refractivity contribution >= 4 is 17.5 Å². The molecule has 1 aromatic heterocycles. The smallest absolute Gasteiger partial charge is 0.228 e. The minimum absolute atomic E-state index is 0.0180. The van der Waals surface area contributed by atoms with Gasteiger partial charge in [-0.25, -0.2) is 4.98 Å². The lowest BCUT2D eigenvalue weighted by atomic mass is 9.97. The molecule has 6 nitrogen and oxygen atoms in total. The first kappa shape index (κ1) is 19.7. The number of amides is 2. The first-order chi connectivity index (χ1) is 13.6. The molecule has 0 radical (unpaired) electrons. The minimum Gasteiger partial charge on any atom is -0.445 e. The number of aromatic nitrogens is 1. The van der Waals surface area contributed by atoms with E-state index in [-0.39, 0.29) is 29.6 Å². The van der Waals surface area contributed by atoms with Gasteiger partial charge in [0.05, 0.1) is 12.5 Å². The van der Waals surface area contributed by atoms with Crippen LogP contribution in [0.3, 0.4) is 0 Å². The third-order valence-electron chi connectivity index (χ3n) is 5.80. The van der Waals surface area contributed by atoms with Gasteiger partial charge in [-0.1, -0.05) is 38.5 Å². The molecule has 1 unspecified atom stereocenters. The SMILES string of the molecule is Cc1ccc(N2CC(C(=O)N3CCc4oc(C(C)(C)C)nc4C3)CC2=O)c(C)c1. The van der Waals surface area contributed by atoms with Gasteiger partial charge in [-0.2, -0.15) is 0 Å². The van der Waals surface area contributed by atoms with E-state index >= 15 is 0 Å². The molecule has 0 spiro atoms. The van der Waals surface area contributed by atoms with Crippen molar-refractivity contribution in [2.45, 2.75) is 59.4 Å². The summed E-state index contributed by atoms with van der Waals surface area (Å²) < 4.78 is 5.93. The summed E-state index contributed by atoms with van der Waals surface area (Å²) in [5.74, 6) is 1.35. The Bertz CT molecular complexity index is 970. The van der Waals surface area contributed by atoms with E-state index in [9.17, 15) is 9.59 Å². The highest BCUT2D eigenvalue weighted by Crippen LogP contribution is 2.31. The number of aryl methyl sites for hydroxylation is 2. The highest BCUT2D eigenvalue weighted by Gasteiger charge is 2.39. The lowest BCUT2D eigenvalue weighted by Crippen LogP contribution is -2.40. The summed E-state index contributed by atoms with van der Waals surface area (Å²) in [7, 11) is 0. The molecule has 154 valence electrons. The fourth-order valence-corrected chi connectivity index (χ4v) is 4.18. The van der Waals surface area contributed by atoms with Gasteiger partial charge < -0.3 is 14.2 Å². The van der Waals surface area contributed by atoms with Gasteiger partial charge in [0.25, 0.3) is 0 Å². The quantitative estimate of drug-likeness (QED) is 0.780. The van der Waals surface area contributed by atoms with Crippen molar-refractivity contribution in [1.82, 2.24) is 9.88 Å². The predicted molar refractivity (Wildman–Crippen MR) is 111 cm³/mol. The number of carbonyl (C=O) groups is 2. The molecule has 4 rings (SSSR count). The average Bonchev–Trinajstić information content (AvgIpc) is 3.24. The van der Waals surface area contributed by atoms with Crippen LogP contribution >= 0.6 is 0 Å². The van der Waals surface area contributed by atoms with Crippen molar-refractivity contribution in [2.24, 2.45) is 5.92 Å². The molecule has 2 amide bonds. The van der Waals surface area contributed by atoms with E-state index < -0.39 is 0 Å². The van der Waals surface area contributed by atoms with Crippen LogP contribution in [-0.2, 0) is 28.0 Å². The molecule has 2 aromatic rings. The molecule has 1 atom stereocenters. The maximum Gasteiger partial charge on any atom is 0.228 e. The Balaban J connectivity index is 1.48. The molecule has 29 heavy (non-hydrogen) atoms. The van der Waals surface area contributed by atoms with E-state index in [1.165, 1.54) is 0 Å². The lowest BCUT2D eigenvalue weighted by Gasteiger charge is -2.28. The molecule has 1 saturated heterocycles. The summed E-state index contributed by atoms with van der Waals surface area (Å²) >= 11 is 0. The first-order valence-electron chi connectivity index (χ1n) is 10.3. The van der Waals surface area contributed by atoms with Crippen LogP contribution < -0.4 is 4.90 Å². The number of nitrogens with zero attached hydrogens (tertiary/aromatic N) is 3. The third-order valence-corrected chi connectivity index (χ3v) is 5.80. The minimum atomic E-state index is -0.307. The van der Waals surface area contributed by atoms with Crippen LogP contribution in [0.5, 0.6) is 0 Å². The van der Waals surface area contributed by atoms with Gasteiger partial charge in [0, 0.05) is 37.0 Å². The number of fused-ring (bicyclic) bond motifs is 1. The highest BCUT2D eigenvalue weighted by atomic mass is 16.4. The van der Waals surface area contributed by atoms with Crippen LogP contribution in [0.25, 0.3) is 0 Å². The lowest BCUT2D eigenvalue weighted by molar-refractivity contribution is -0.136. The summed E-state index contributed by atoms with van der Waals surface area (Å²) in [4.78, 5) is 34.1. The van der Waals surface area contributed by atoms with Gasteiger partial charge in [0.2, 0.25) is 11.8 Å². The molecule has 1 fully saturated rings. The van der Waals surface area contributed by atoms with Crippen molar-refractivity contribution in [3.05, 3.63) is 46.7 Å². The number of carbonyl (C=O) groups excluding carboxylic acids is 2. The van der Waals surface area contributed by atoms with Crippen molar-refractivity contribution in [3.8, 4) is 0 Å². The second-order valence-electron chi connectivity index (χ2n) is 9.34. The Kier molecular flexibility index (Phi) is 4.75. The summed E-state index contributed by atoms with van der Waals surface area (Å²) in [6.45, 7) is 11.8. The Hall–Kier alpha value is -2.63. The molecule has 1 aromatic carbocycles. The number of benzene rings is 1. The van der Waals surface area contributed by atoms with Crippen molar-refractivity contribution in [1.29, 1.82) is 0 Å². The fourth-order valence-electron chi connectivity index (χ4n) is 4.18. The van der Waals surface area contributed by atoms with E-state index in [2.05, 4.69) is 31.8 Å². The van der Waals surface area contributed by atoms with E-state index in [4.69, 9.17) is 4.42 Å². The van der Waals surface area contributed by atoms with E-state index in [0.717, 1.165) is 28.3 Å². The van der Waals surface area contributed by atoms with Gasteiger partial charge >= 0.3 is 0 Å². The maximum absolute atomic E-state index is 13.2. The summed E-state index contributed by atoms with van der Waals surface area (Å²) in [5, 5.41) is 0. The topological polar surface area (TPSA) is 66.7 Å². The average molecular weight is 396 g/mol. The number of hydrogen-bond donors (Lipinski definition) is 0. The molecule has 2 aliphatic rings. The van der Waals surface area contributed by atoms with Crippen LogP contribution in [0.4, 0.5) is 5.69 Å². The predicted octanol–water partition coefficient (Wildman–Crippen LogP) is 3.53. The Morgan fingerprint density at radius 2 is 2.00 bits per heavy atom. The summed E-state index contributed by atoms with van der Waals surface area (Å²) in [6, 6.07) is 6.06. The van der Waals surface area contributed by atoms with Crippen molar-refractivity contribution in [2.75, 3.05) is 18.0 Å². The second kappa shape index (κ2) is 7.01. The molecular weight excluding hydrogens is 366 g/mol. The normalized spacial score (nSPS) is 19.6. The van der Waals surface area contributed by atoms with Gasteiger partial charge in [-0.05, 0) is 25.5 Å². The fraction of sp³-hybridized carbons (Fsp3) is 0.522. The van der Waals surface area contributed by atoms with E-state index in [1.807, 2.05) is 30.9 Å². The Morgan fingerprint density at radius 3 is 2.69 bits per heavy atom. The van der Waals surface area contributed by atoms with Crippen LogP contribution in [0.15, 0.2) is 22.6 Å². The Morgan fingerprint density at radius 1 is 1.24 bits per heavy atom. The van der Waals surface area contributed by atoms with Crippen LogP contribution in [0.1, 0.15) is 55.7 Å². The van der Waals surface area contributed by atoms with Gasteiger partial charge in [-0.15, -0.1) is 0 Å². The molecule has 0 N–H and O–H groups in total. The zero-order valence-corrected chi connectivity index (χ0v) is 17.9. The molecule has 0 bridgehead atoms. The van der Waals surface area contributed by atoms with Crippen LogP contribution in [-0.4, -0.2) is 34.8 Å². The number of anilines is 1. The molecule has 6 heteroatoms. The zero-order valence-electron chi connectivity index (χ0n) is 17.9. The van der Waals surface area contributed by atoms with E-state index in [1.54, 1.807) is 4.90 Å². The van der Waals surface area contributed by atoms with Gasteiger partial charge in [0.15, 0.2) is 5.89 Å². The molecule has 0 aliphatic carbocycles. The van der Waals surface area contributed by atoms with E-state index in [0.29, 0.717) is 31.9 Å². The van der Waals surface area contributed by atoms with Crippen molar-refractivity contribution < 1.29 is 14.0 Å². The third kappa shape index (κ3) is 3.68. The molecular formula is C23H29N3O3. The monoisotopic (exact) mass is 395 g/mol. The summed E-state index contributed by atoms with van der Waals surface area (Å²) in [5.41, 5.74) is 3.83. The Labute approximate surface area is 171 Å². The zero-order chi connectivity index (χ0) is 20.9. The largest absolute Gasteiger partial charge is 0.445 e. The number of rotatable bonds is 2. The van der Waals surface area contributed by atoms with Crippen molar-refractivity contribution in [3.63, 3.8) is 0 Å². The standard InChI is InChI=1S/C23H29N3O3/c1-14-6-7-18(15(2)10-14)26-12-16(11-20(26)27)21(28)25-9-8-19-17(13-25)24-22(29-19)23(3,4)5/h6-7,10,16H,8-9,11-13H2,1-5H3. The highest BCUT2D eigenvalue weighted by molar-refractivity contribution is 6.00. The maximum atomic E-state index is 13.2. The molecule has 2 aliphatic heterocycles. The number of oxazole rings is 1. The molecule has 3 heterocycles. The van der Waals surface area contributed by atoms with Gasteiger partial charge in [-0.3, -0.25) is 9.59 Å². The van der Waals surface area contributed by atoms with Crippen LogP contribution in [0, 0.1) is 19.8 Å². The van der Waals surface area contributed by atoms with Crippen LogP contribution in [0.2, 0.25) is 0 Å². The summed E-state index contributed by atoms with van der Waals surface area (Å²) in [6.07, 6.45) is 0.938. The first-order valence-corrected chi connectivity index (χ1v) is 10.3. The second-order valence-corrected chi connectivity index (χ2v) is 9.34.